The number of nitrogens with zero attached hydrogens (tertiary/aromatic N) is 3. The third kappa shape index (κ3) is 3.02. The van der Waals surface area contributed by atoms with Crippen LogP contribution in [0.25, 0.3) is 5.65 Å². The van der Waals surface area contributed by atoms with Crippen molar-refractivity contribution in [3.8, 4) is 0 Å². The number of aromatic nitrogens is 3. The van der Waals surface area contributed by atoms with E-state index in [9.17, 15) is 0 Å². The summed E-state index contributed by atoms with van der Waals surface area (Å²) in [6, 6.07) is 2.17. The van der Waals surface area contributed by atoms with Crippen LogP contribution in [0.5, 0.6) is 0 Å². The first-order valence-corrected chi connectivity index (χ1v) is 7.76. The summed E-state index contributed by atoms with van der Waals surface area (Å²) >= 11 is 5.13. The lowest BCUT2D eigenvalue weighted by molar-refractivity contribution is 0.671. The summed E-state index contributed by atoms with van der Waals surface area (Å²) in [7, 11) is 0. The average Bonchev–Trinajstić information content (AvgIpc) is 3.04. The molecule has 0 aromatic carbocycles. The number of thiophene rings is 1. The summed E-state index contributed by atoms with van der Waals surface area (Å²) in [4.78, 5) is 8.49. The highest BCUT2D eigenvalue weighted by Gasteiger charge is 2.03. The third-order valence-corrected chi connectivity index (χ3v) is 4.06. The van der Waals surface area contributed by atoms with E-state index in [1.807, 2.05) is 12.4 Å². The molecule has 0 aliphatic heterocycles. The molecule has 0 fully saturated rings. The zero-order valence-electron chi connectivity index (χ0n) is 10.2. The van der Waals surface area contributed by atoms with Crippen molar-refractivity contribution in [2.45, 2.75) is 13.0 Å². The van der Waals surface area contributed by atoms with Crippen LogP contribution in [0.15, 0.2) is 40.0 Å². The Morgan fingerprint density at radius 1 is 1.32 bits per heavy atom. The van der Waals surface area contributed by atoms with E-state index in [1.165, 1.54) is 5.56 Å². The largest absolute Gasteiger partial charge is 0.311 e. The Labute approximate surface area is 123 Å². The number of rotatable bonds is 5. The van der Waals surface area contributed by atoms with Crippen LogP contribution < -0.4 is 5.32 Å². The van der Waals surface area contributed by atoms with Gasteiger partial charge in [-0.15, -0.1) is 0 Å². The first-order valence-electron chi connectivity index (χ1n) is 6.02. The number of halogens is 1. The number of fused-ring (bicyclic) bond motifs is 1. The van der Waals surface area contributed by atoms with E-state index in [0.29, 0.717) is 0 Å². The Bertz CT molecular complexity index is 662. The van der Waals surface area contributed by atoms with Gasteiger partial charge in [-0.2, -0.15) is 11.3 Å². The van der Waals surface area contributed by atoms with E-state index in [2.05, 4.69) is 52.4 Å². The SMILES string of the molecule is Brc1cn2c(CNCCc3ccsc3)cnc2cn1. The van der Waals surface area contributed by atoms with Gasteiger partial charge in [0.1, 0.15) is 4.60 Å². The number of hydrogen-bond donors (Lipinski definition) is 1. The Morgan fingerprint density at radius 2 is 2.26 bits per heavy atom. The molecule has 3 rings (SSSR count). The lowest BCUT2D eigenvalue weighted by Crippen LogP contribution is -2.17. The molecule has 0 aliphatic rings. The lowest BCUT2D eigenvalue weighted by atomic mass is 10.2. The fourth-order valence-electron chi connectivity index (χ4n) is 1.93. The van der Waals surface area contributed by atoms with Crippen molar-refractivity contribution < 1.29 is 0 Å². The molecule has 0 amide bonds. The minimum Gasteiger partial charge on any atom is -0.311 e. The van der Waals surface area contributed by atoms with Gasteiger partial charge in [0.15, 0.2) is 5.65 Å². The molecule has 0 saturated carbocycles. The summed E-state index contributed by atoms with van der Waals surface area (Å²) < 4.78 is 2.87. The predicted octanol–water partition coefficient (Wildman–Crippen LogP) is 2.89. The van der Waals surface area contributed by atoms with Crippen molar-refractivity contribution >= 4 is 32.9 Å². The number of hydrogen-bond acceptors (Lipinski definition) is 4. The highest BCUT2D eigenvalue weighted by atomic mass is 79.9. The van der Waals surface area contributed by atoms with Crippen LogP contribution in [0.1, 0.15) is 11.3 Å². The normalized spacial score (nSPS) is 11.2. The van der Waals surface area contributed by atoms with E-state index < -0.39 is 0 Å². The Balaban J connectivity index is 1.60. The minimum atomic E-state index is 0.807. The zero-order chi connectivity index (χ0) is 13.1. The molecule has 19 heavy (non-hydrogen) atoms. The summed E-state index contributed by atoms with van der Waals surface area (Å²) in [5.41, 5.74) is 3.41. The Morgan fingerprint density at radius 3 is 3.11 bits per heavy atom. The van der Waals surface area contributed by atoms with Gasteiger partial charge in [-0.3, -0.25) is 4.40 Å². The van der Waals surface area contributed by atoms with Gasteiger partial charge in [0, 0.05) is 12.7 Å². The molecule has 3 heterocycles. The zero-order valence-corrected chi connectivity index (χ0v) is 12.6. The predicted molar refractivity (Wildman–Crippen MR) is 80.4 cm³/mol. The van der Waals surface area contributed by atoms with Crippen LogP contribution in [-0.4, -0.2) is 20.9 Å². The average molecular weight is 337 g/mol. The van der Waals surface area contributed by atoms with E-state index >= 15 is 0 Å². The summed E-state index contributed by atoms with van der Waals surface area (Å²) in [6.07, 6.45) is 6.66. The van der Waals surface area contributed by atoms with Gasteiger partial charge in [0.05, 0.1) is 18.1 Å². The molecule has 3 aromatic rings. The summed E-state index contributed by atoms with van der Waals surface area (Å²) in [5, 5.41) is 7.75. The van der Waals surface area contributed by atoms with Crippen LogP contribution in [0.3, 0.4) is 0 Å². The van der Waals surface area contributed by atoms with Crippen LogP contribution in [0.4, 0.5) is 0 Å². The summed E-state index contributed by atoms with van der Waals surface area (Å²) in [5.74, 6) is 0. The molecule has 98 valence electrons. The van der Waals surface area contributed by atoms with Gasteiger partial charge in [0.25, 0.3) is 0 Å². The van der Waals surface area contributed by atoms with Crippen molar-refractivity contribution in [2.24, 2.45) is 0 Å². The lowest BCUT2D eigenvalue weighted by Gasteiger charge is -2.04. The minimum absolute atomic E-state index is 0.807. The molecule has 0 spiro atoms. The molecule has 1 N–H and O–H groups in total. The highest BCUT2D eigenvalue weighted by Crippen LogP contribution is 2.10. The monoisotopic (exact) mass is 336 g/mol. The molecular weight excluding hydrogens is 324 g/mol. The van der Waals surface area contributed by atoms with E-state index in [-0.39, 0.29) is 0 Å². The Hall–Kier alpha value is -1.24. The van der Waals surface area contributed by atoms with Gasteiger partial charge in [-0.1, -0.05) is 0 Å². The molecule has 0 bridgehead atoms. The van der Waals surface area contributed by atoms with Gasteiger partial charge in [0.2, 0.25) is 0 Å². The molecule has 0 atom stereocenters. The second-order valence-electron chi connectivity index (χ2n) is 4.25. The summed E-state index contributed by atoms with van der Waals surface area (Å²) in [6.45, 7) is 1.78. The maximum atomic E-state index is 4.33. The maximum absolute atomic E-state index is 4.33. The quantitative estimate of drug-likeness (QED) is 0.728. The van der Waals surface area contributed by atoms with Crippen LogP contribution in [0.2, 0.25) is 0 Å². The first kappa shape index (κ1) is 12.8. The van der Waals surface area contributed by atoms with Gasteiger partial charge >= 0.3 is 0 Å². The smallest absolute Gasteiger partial charge is 0.155 e. The van der Waals surface area contributed by atoms with Crippen molar-refractivity contribution in [3.05, 3.63) is 51.3 Å². The standard InChI is InChI=1S/C13H13BrN4S/c14-12-8-18-11(6-17-13(18)7-16-12)5-15-3-1-10-2-4-19-9-10/h2,4,6-9,15H,1,3,5H2. The first-order chi connectivity index (χ1) is 9.33. The van der Waals surface area contributed by atoms with E-state index in [4.69, 9.17) is 0 Å². The number of imidazole rings is 1. The molecule has 4 nitrogen and oxygen atoms in total. The molecule has 0 aliphatic carbocycles. The van der Waals surface area contributed by atoms with Crippen molar-refractivity contribution in [1.82, 2.24) is 19.7 Å². The molecule has 0 radical (unpaired) electrons. The highest BCUT2D eigenvalue weighted by molar-refractivity contribution is 9.10. The second-order valence-corrected chi connectivity index (χ2v) is 5.84. The van der Waals surface area contributed by atoms with Gasteiger partial charge in [-0.25, -0.2) is 9.97 Å². The third-order valence-electron chi connectivity index (χ3n) is 2.92. The molecular formula is C13H13BrN4S. The van der Waals surface area contributed by atoms with Crippen LogP contribution >= 0.6 is 27.3 Å². The fraction of sp³-hybridized carbons (Fsp3) is 0.231. The fourth-order valence-corrected chi connectivity index (χ4v) is 2.94. The topological polar surface area (TPSA) is 42.2 Å². The van der Waals surface area contributed by atoms with Gasteiger partial charge < -0.3 is 5.32 Å². The van der Waals surface area contributed by atoms with E-state index in [1.54, 1.807) is 17.5 Å². The van der Waals surface area contributed by atoms with Crippen molar-refractivity contribution in [3.63, 3.8) is 0 Å². The molecule has 6 heteroatoms. The second kappa shape index (κ2) is 5.81. The molecule has 3 aromatic heterocycles. The Kier molecular flexibility index (Phi) is 3.91. The van der Waals surface area contributed by atoms with Crippen molar-refractivity contribution in [2.75, 3.05) is 6.54 Å². The number of nitrogens with one attached hydrogen (secondary N) is 1. The van der Waals surface area contributed by atoms with Crippen LogP contribution in [-0.2, 0) is 13.0 Å². The maximum Gasteiger partial charge on any atom is 0.155 e. The van der Waals surface area contributed by atoms with Crippen LogP contribution in [0, 0.1) is 0 Å². The van der Waals surface area contributed by atoms with E-state index in [0.717, 1.165) is 35.5 Å². The van der Waals surface area contributed by atoms with Crippen molar-refractivity contribution in [1.29, 1.82) is 0 Å². The molecule has 0 unspecified atom stereocenters. The molecule has 0 saturated heterocycles. The van der Waals surface area contributed by atoms with Gasteiger partial charge in [-0.05, 0) is 51.3 Å².